The molecule has 0 saturated heterocycles. The number of rotatable bonds is 23. The molecule has 204 valence electrons. The minimum atomic E-state index is -4.66. The van der Waals surface area contributed by atoms with Crippen molar-refractivity contribution in [3.8, 4) is 0 Å². The molecule has 0 aliphatic heterocycles. The molecule has 0 aromatic rings. The Labute approximate surface area is 209 Å². The second-order valence-corrected chi connectivity index (χ2v) is 11.7. The van der Waals surface area contributed by atoms with Gasteiger partial charge in [0, 0.05) is 6.42 Å². The van der Waals surface area contributed by atoms with E-state index in [1.54, 1.807) is 0 Å². The summed E-state index contributed by atoms with van der Waals surface area (Å²) in [6.07, 6.45) is 16.7. The number of amides is 1. The van der Waals surface area contributed by atoms with Crippen LogP contribution in [0.5, 0.6) is 0 Å². The molecular weight excluding hydrogens is 455 g/mol. The Bertz CT molecular complexity index is 550. The van der Waals surface area contributed by atoms with Crippen LogP contribution in [0, 0.1) is 0 Å². The van der Waals surface area contributed by atoms with Crippen molar-refractivity contribution < 1.29 is 32.9 Å². The number of phosphoric ester groups is 1. The number of carbonyl (C=O) groups excluding carboxylic acids is 1. The van der Waals surface area contributed by atoms with Crippen molar-refractivity contribution in [3.63, 3.8) is 0 Å². The van der Waals surface area contributed by atoms with E-state index in [0.717, 1.165) is 12.8 Å². The van der Waals surface area contributed by atoms with Gasteiger partial charge in [-0.05, 0) is 12.8 Å². The number of quaternary nitrogens is 1. The van der Waals surface area contributed by atoms with Gasteiger partial charge in [-0.3, -0.25) is 9.32 Å². The first-order valence-corrected chi connectivity index (χ1v) is 14.9. The van der Waals surface area contributed by atoms with Crippen molar-refractivity contribution in [2.24, 2.45) is 0 Å². The van der Waals surface area contributed by atoms with Crippen LogP contribution in [0.25, 0.3) is 0 Å². The monoisotopic (exact) mass is 509 g/mol. The molecule has 0 fully saturated rings. The highest BCUT2D eigenvalue weighted by molar-refractivity contribution is 7.46. The van der Waals surface area contributed by atoms with Crippen LogP contribution in [0.1, 0.15) is 110 Å². The lowest BCUT2D eigenvalue weighted by molar-refractivity contribution is -0.876. The van der Waals surface area contributed by atoms with Crippen molar-refractivity contribution in [1.82, 2.24) is 5.32 Å². The van der Waals surface area contributed by atoms with Crippen LogP contribution in [0.3, 0.4) is 0 Å². The SMILES string of the molecule is CCCCCCCCCCCCCCCC(=O)NC(CC)COC(C[N+](C)(C)C)OP(=O)(O)O. The molecule has 2 atom stereocenters. The summed E-state index contributed by atoms with van der Waals surface area (Å²) in [4.78, 5) is 30.6. The summed E-state index contributed by atoms with van der Waals surface area (Å²) in [5.74, 6) is -0.00224. The predicted molar refractivity (Wildman–Crippen MR) is 138 cm³/mol. The maximum Gasteiger partial charge on any atom is 0.472 e. The Hall–Kier alpha value is -0.500. The molecule has 0 rings (SSSR count). The van der Waals surface area contributed by atoms with E-state index in [9.17, 15) is 9.36 Å². The largest absolute Gasteiger partial charge is 0.472 e. The van der Waals surface area contributed by atoms with Crippen LogP contribution in [0.2, 0.25) is 0 Å². The lowest BCUT2D eigenvalue weighted by atomic mass is 10.0. The van der Waals surface area contributed by atoms with E-state index in [0.29, 0.717) is 17.3 Å². The molecule has 9 heteroatoms. The van der Waals surface area contributed by atoms with Crippen molar-refractivity contribution in [3.05, 3.63) is 0 Å². The van der Waals surface area contributed by atoms with Crippen molar-refractivity contribution in [2.45, 2.75) is 122 Å². The second kappa shape index (κ2) is 19.7. The lowest BCUT2D eigenvalue weighted by Crippen LogP contribution is -2.45. The van der Waals surface area contributed by atoms with Gasteiger partial charge in [-0.25, -0.2) is 4.57 Å². The summed E-state index contributed by atoms with van der Waals surface area (Å²) in [6, 6.07) is -0.218. The van der Waals surface area contributed by atoms with Crippen molar-refractivity contribution >= 4 is 13.7 Å². The molecule has 0 aliphatic carbocycles. The maximum atomic E-state index is 12.3. The number of ether oxygens (including phenoxy) is 1. The average molecular weight is 510 g/mol. The van der Waals surface area contributed by atoms with E-state index in [-0.39, 0.29) is 25.1 Å². The number of hydrogen-bond donors (Lipinski definition) is 3. The third-order valence-electron chi connectivity index (χ3n) is 5.80. The normalized spacial score (nSPS) is 14.2. The molecule has 0 heterocycles. The van der Waals surface area contributed by atoms with Gasteiger partial charge in [-0.2, -0.15) is 0 Å². The number of unbranched alkanes of at least 4 members (excludes halogenated alkanes) is 12. The third-order valence-corrected chi connectivity index (χ3v) is 6.31. The van der Waals surface area contributed by atoms with Gasteiger partial charge < -0.3 is 24.3 Å². The summed E-state index contributed by atoms with van der Waals surface area (Å²) in [6.45, 7) is 4.61. The van der Waals surface area contributed by atoms with Crippen molar-refractivity contribution in [2.75, 3.05) is 34.3 Å². The summed E-state index contributed by atoms with van der Waals surface area (Å²) < 4.78 is 22.1. The molecule has 3 N–H and O–H groups in total. The number of nitrogens with zero attached hydrogens (tertiary/aromatic N) is 1. The maximum absolute atomic E-state index is 12.3. The Morgan fingerprint density at radius 3 is 1.74 bits per heavy atom. The van der Waals surface area contributed by atoms with Gasteiger partial charge >= 0.3 is 7.82 Å². The zero-order valence-electron chi connectivity index (χ0n) is 22.6. The molecule has 0 aliphatic rings. The Morgan fingerprint density at radius 1 is 0.853 bits per heavy atom. The van der Waals surface area contributed by atoms with Gasteiger partial charge in [0.15, 0.2) is 0 Å². The van der Waals surface area contributed by atoms with Gasteiger partial charge in [0.25, 0.3) is 0 Å². The van der Waals surface area contributed by atoms with Gasteiger partial charge in [0.05, 0.1) is 33.8 Å². The predicted octanol–water partition coefficient (Wildman–Crippen LogP) is 5.52. The summed E-state index contributed by atoms with van der Waals surface area (Å²) >= 11 is 0. The first kappa shape index (κ1) is 33.5. The van der Waals surface area contributed by atoms with E-state index in [2.05, 4.69) is 12.2 Å². The van der Waals surface area contributed by atoms with Gasteiger partial charge in [0.2, 0.25) is 12.2 Å². The summed E-state index contributed by atoms with van der Waals surface area (Å²) in [7, 11) is 0.985. The summed E-state index contributed by atoms with van der Waals surface area (Å²) in [5.41, 5.74) is 0. The number of phosphoric acid groups is 1. The van der Waals surface area contributed by atoms with Crippen LogP contribution in [0.4, 0.5) is 0 Å². The number of carbonyl (C=O) groups is 1. The third kappa shape index (κ3) is 23.3. The minimum Gasteiger partial charge on any atom is -0.351 e. The van der Waals surface area contributed by atoms with Gasteiger partial charge in [-0.1, -0.05) is 90.9 Å². The smallest absolute Gasteiger partial charge is 0.351 e. The Kier molecular flexibility index (Phi) is 19.4. The molecule has 34 heavy (non-hydrogen) atoms. The van der Waals surface area contributed by atoms with E-state index in [4.69, 9.17) is 19.0 Å². The highest BCUT2D eigenvalue weighted by Gasteiger charge is 2.28. The summed E-state index contributed by atoms with van der Waals surface area (Å²) in [5, 5.41) is 2.97. The molecule has 0 aromatic heterocycles. The van der Waals surface area contributed by atoms with Gasteiger partial charge in [0.1, 0.15) is 6.54 Å². The fourth-order valence-electron chi connectivity index (χ4n) is 3.81. The molecule has 0 spiro atoms. The highest BCUT2D eigenvalue weighted by atomic mass is 31.2. The number of likely N-dealkylation sites (N-methyl/N-ethyl adjacent to an activating group) is 1. The topological polar surface area (TPSA) is 105 Å². The number of nitrogens with one attached hydrogen (secondary N) is 1. The molecule has 0 bridgehead atoms. The van der Waals surface area contributed by atoms with Crippen LogP contribution >= 0.6 is 7.82 Å². The zero-order valence-corrected chi connectivity index (χ0v) is 23.5. The highest BCUT2D eigenvalue weighted by Crippen LogP contribution is 2.38. The lowest BCUT2D eigenvalue weighted by Gasteiger charge is -2.30. The second-order valence-electron chi connectivity index (χ2n) is 10.5. The van der Waals surface area contributed by atoms with E-state index in [1.807, 2.05) is 28.1 Å². The van der Waals surface area contributed by atoms with Crippen LogP contribution in [0.15, 0.2) is 0 Å². The molecule has 2 unspecified atom stereocenters. The zero-order chi connectivity index (χ0) is 25.9. The van der Waals surface area contributed by atoms with Crippen LogP contribution in [-0.4, -0.2) is 66.8 Å². The molecule has 0 saturated carbocycles. The number of hydrogen-bond acceptors (Lipinski definition) is 4. The minimum absolute atomic E-state index is 0.00224. The fraction of sp³-hybridized carbons (Fsp3) is 0.960. The molecule has 0 aromatic carbocycles. The standard InChI is InChI=1S/C25H53N2O6P/c1-6-8-9-10-11-12-13-14-15-16-17-18-19-20-24(28)26-23(7-2)22-32-25(21-27(3,4)5)33-34(29,30)31/h23,25H,6-22H2,1-5H3,(H2-,26,28,29,30,31)/p+1. The van der Waals surface area contributed by atoms with Crippen LogP contribution in [-0.2, 0) is 18.6 Å². The first-order chi connectivity index (χ1) is 16.0. The van der Waals surface area contributed by atoms with Gasteiger partial charge in [-0.15, -0.1) is 0 Å². The quantitative estimate of drug-likeness (QED) is 0.0725. The van der Waals surface area contributed by atoms with Crippen LogP contribution < -0.4 is 5.32 Å². The Balaban J connectivity index is 3.94. The van der Waals surface area contributed by atoms with E-state index >= 15 is 0 Å². The van der Waals surface area contributed by atoms with E-state index in [1.165, 1.54) is 70.6 Å². The van der Waals surface area contributed by atoms with Crippen molar-refractivity contribution in [1.29, 1.82) is 0 Å². The molecular formula is C25H54N2O6P+. The molecule has 1 amide bonds. The van der Waals surface area contributed by atoms with E-state index < -0.39 is 14.1 Å². The first-order valence-electron chi connectivity index (χ1n) is 13.4. The molecule has 0 radical (unpaired) electrons. The fourth-order valence-corrected chi connectivity index (χ4v) is 4.24. The average Bonchev–Trinajstić information content (AvgIpc) is 2.72. The Morgan fingerprint density at radius 2 is 1.32 bits per heavy atom. The molecule has 8 nitrogen and oxygen atoms in total.